The zero-order chi connectivity index (χ0) is 12.0. The summed E-state index contributed by atoms with van der Waals surface area (Å²) in [6.45, 7) is 2.52. The van der Waals surface area contributed by atoms with E-state index in [0.717, 1.165) is 31.1 Å². The van der Waals surface area contributed by atoms with Crippen molar-refractivity contribution in [2.24, 2.45) is 0 Å². The van der Waals surface area contributed by atoms with Gasteiger partial charge in [0.15, 0.2) is 0 Å². The van der Waals surface area contributed by atoms with Crippen LogP contribution in [0.4, 0.5) is 0 Å². The molecule has 0 aliphatic heterocycles. The van der Waals surface area contributed by atoms with Gasteiger partial charge in [0, 0.05) is 18.9 Å². The SMILES string of the molecule is Cc1oncc1C(=O)N(C)CCCCCBr. The Labute approximate surface area is 104 Å². The molecule has 0 radical (unpaired) electrons. The van der Waals surface area contributed by atoms with Gasteiger partial charge in [-0.3, -0.25) is 4.79 Å². The van der Waals surface area contributed by atoms with Gasteiger partial charge >= 0.3 is 0 Å². The molecule has 5 heteroatoms. The van der Waals surface area contributed by atoms with Crippen molar-refractivity contribution >= 4 is 21.8 Å². The first-order chi connectivity index (χ1) is 7.66. The number of nitrogens with zero attached hydrogens (tertiary/aromatic N) is 2. The number of unbranched alkanes of at least 4 members (excludes halogenated alkanes) is 2. The third-order valence-corrected chi connectivity index (χ3v) is 3.02. The third-order valence-electron chi connectivity index (χ3n) is 2.45. The summed E-state index contributed by atoms with van der Waals surface area (Å²) in [5.41, 5.74) is 0.558. The number of carbonyl (C=O) groups is 1. The Hall–Kier alpha value is -0.840. The number of rotatable bonds is 6. The van der Waals surface area contributed by atoms with Crippen LogP contribution in [0.3, 0.4) is 0 Å². The topological polar surface area (TPSA) is 46.3 Å². The van der Waals surface area contributed by atoms with Crippen LogP contribution in [0, 0.1) is 6.92 Å². The second-order valence-corrected chi connectivity index (χ2v) is 4.57. The number of halogens is 1. The van der Waals surface area contributed by atoms with E-state index in [9.17, 15) is 4.79 Å². The minimum absolute atomic E-state index is 0.0161. The van der Waals surface area contributed by atoms with E-state index in [1.165, 1.54) is 6.20 Å². The number of alkyl halides is 1. The van der Waals surface area contributed by atoms with Gasteiger partial charge in [-0.1, -0.05) is 27.5 Å². The molecule has 1 heterocycles. The van der Waals surface area contributed by atoms with E-state index in [1.807, 2.05) is 7.05 Å². The molecule has 0 aromatic carbocycles. The number of aromatic nitrogens is 1. The van der Waals surface area contributed by atoms with Gasteiger partial charge in [-0.2, -0.15) is 0 Å². The van der Waals surface area contributed by atoms with E-state index >= 15 is 0 Å². The van der Waals surface area contributed by atoms with Crippen LogP contribution in [0.15, 0.2) is 10.7 Å². The number of hydrogen-bond donors (Lipinski definition) is 0. The lowest BCUT2D eigenvalue weighted by Crippen LogP contribution is -2.27. The molecule has 0 spiro atoms. The Bertz CT molecular complexity index is 338. The summed E-state index contributed by atoms with van der Waals surface area (Å²) in [7, 11) is 1.81. The van der Waals surface area contributed by atoms with Gasteiger partial charge in [-0.25, -0.2) is 0 Å². The van der Waals surface area contributed by atoms with Crippen LogP contribution in [-0.2, 0) is 0 Å². The van der Waals surface area contributed by atoms with Crippen molar-refractivity contribution in [1.29, 1.82) is 0 Å². The summed E-state index contributed by atoms with van der Waals surface area (Å²) in [4.78, 5) is 13.6. The molecule has 1 aromatic heterocycles. The van der Waals surface area contributed by atoms with E-state index in [-0.39, 0.29) is 5.91 Å². The van der Waals surface area contributed by atoms with Gasteiger partial charge in [0.05, 0.1) is 6.20 Å². The average Bonchev–Trinajstić information content (AvgIpc) is 2.69. The summed E-state index contributed by atoms with van der Waals surface area (Å²) in [5.74, 6) is 0.565. The highest BCUT2D eigenvalue weighted by Crippen LogP contribution is 2.09. The van der Waals surface area contributed by atoms with Crippen LogP contribution in [-0.4, -0.2) is 34.9 Å². The van der Waals surface area contributed by atoms with Crippen LogP contribution < -0.4 is 0 Å². The van der Waals surface area contributed by atoms with Crippen molar-refractivity contribution in [3.05, 3.63) is 17.5 Å². The second-order valence-electron chi connectivity index (χ2n) is 3.77. The Morgan fingerprint density at radius 1 is 1.50 bits per heavy atom. The molecule has 0 N–H and O–H groups in total. The molecule has 0 bridgehead atoms. The summed E-state index contributed by atoms with van der Waals surface area (Å²) in [6.07, 6.45) is 4.78. The third kappa shape index (κ3) is 3.63. The minimum atomic E-state index is -0.0161. The number of amides is 1. The van der Waals surface area contributed by atoms with Gasteiger partial charge in [0.2, 0.25) is 0 Å². The van der Waals surface area contributed by atoms with E-state index in [0.29, 0.717) is 11.3 Å². The molecule has 1 amide bonds. The summed E-state index contributed by atoms with van der Waals surface area (Å²) in [6, 6.07) is 0. The van der Waals surface area contributed by atoms with Gasteiger partial charge in [0.1, 0.15) is 11.3 Å². The fourth-order valence-electron chi connectivity index (χ4n) is 1.43. The Morgan fingerprint density at radius 3 is 2.81 bits per heavy atom. The quantitative estimate of drug-likeness (QED) is 0.597. The van der Waals surface area contributed by atoms with Gasteiger partial charge in [-0.05, 0) is 19.8 Å². The number of aryl methyl sites for hydroxylation is 1. The fraction of sp³-hybridized carbons (Fsp3) is 0.636. The molecular formula is C11H17BrN2O2. The maximum atomic E-state index is 11.9. The van der Waals surface area contributed by atoms with E-state index in [2.05, 4.69) is 21.1 Å². The summed E-state index contributed by atoms with van der Waals surface area (Å²) in [5, 5.41) is 4.63. The zero-order valence-corrected chi connectivity index (χ0v) is 11.3. The number of hydrogen-bond acceptors (Lipinski definition) is 3. The van der Waals surface area contributed by atoms with Crippen molar-refractivity contribution in [3.8, 4) is 0 Å². The predicted octanol–water partition coefficient (Wildman–Crippen LogP) is 2.62. The van der Waals surface area contributed by atoms with E-state index < -0.39 is 0 Å². The molecule has 16 heavy (non-hydrogen) atoms. The lowest BCUT2D eigenvalue weighted by Gasteiger charge is -2.15. The molecule has 90 valence electrons. The van der Waals surface area contributed by atoms with Crippen molar-refractivity contribution in [1.82, 2.24) is 10.1 Å². The van der Waals surface area contributed by atoms with Crippen LogP contribution in [0.1, 0.15) is 35.4 Å². The standard InChI is InChI=1S/C11H17BrN2O2/c1-9-10(8-13-16-9)11(15)14(2)7-5-3-4-6-12/h8H,3-7H2,1-2H3. The molecular weight excluding hydrogens is 272 g/mol. The molecule has 0 aliphatic rings. The van der Waals surface area contributed by atoms with Gasteiger partial charge in [-0.15, -0.1) is 0 Å². The van der Waals surface area contributed by atoms with Gasteiger partial charge in [0.25, 0.3) is 5.91 Å². The van der Waals surface area contributed by atoms with Crippen LogP contribution >= 0.6 is 15.9 Å². The molecule has 0 unspecified atom stereocenters. The molecule has 4 nitrogen and oxygen atoms in total. The average molecular weight is 289 g/mol. The first-order valence-corrected chi connectivity index (χ1v) is 6.51. The largest absolute Gasteiger partial charge is 0.361 e. The van der Waals surface area contributed by atoms with E-state index in [1.54, 1.807) is 11.8 Å². The Morgan fingerprint density at radius 2 is 2.25 bits per heavy atom. The lowest BCUT2D eigenvalue weighted by atomic mass is 10.2. The maximum Gasteiger partial charge on any atom is 0.258 e. The molecule has 1 rings (SSSR count). The van der Waals surface area contributed by atoms with Crippen molar-refractivity contribution in [3.63, 3.8) is 0 Å². The van der Waals surface area contributed by atoms with E-state index in [4.69, 9.17) is 4.52 Å². The maximum absolute atomic E-state index is 11.9. The van der Waals surface area contributed by atoms with Crippen LogP contribution in [0.5, 0.6) is 0 Å². The van der Waals surface area contributed by atoms with Crippen molar-refractivity contribution < 1.29 is 9.32 Å². The molecule has 0 atom stereocenters. The molecule has 0 saturated carbocycles. The Balaban J connectivity index is 2.40. The highest BCUT2D eigenvalue weighted by molar-refractivity contribution is 9.09. The molecule has 0 fully saturated rings. The van der Waals surface area contributed by atoms with Gasteiger partial charge < -0.3 is 9.42 Å². The lowest BCUT2D eigenvalue weighted by molar-refractivity contribution is 0.0791. The van der Waals surface area contributed by atoms with Crippen molar-refractivity contribution in [2.75, 3.05) is 18.9 Å². The zero-order valence-electron chi connectivity index (χ0n) is 9.70. The molecule has 0 aliphatic carbocycles. The van der Waals surface area contributed by atoms with Crippen LogP contribution in [0.25, 0.3) is 0 Å². The monoisotopic (exact) mass is 288 g/mol. The second kappa shape index (κ2) is 6.68. The molecule has 1 aromatic rings. The Kier molecular flexibility index (Phi) is 5.52. The van der Waals surface area contributed by atoms with Crippen LogP contribution in [0.2, 0.25) is 0 Å². The fourth-order valence-corrected chi connectivity index (χ4v) is 1.83. The first-order valence-electron chi connectivity index (χ1n) is 5.39. The molecule has 0 saturated heterocycles. The highest BCUT2D eigenvalue weighted by Gasteiger charge is 2.16. The first kappa shape index (κ1) is 13.2. The normalized spacial score (nSPS) is 10.4. The smallest absolute Gasteiger partial charge is 0.258 e. The minimum Gasteiger partial charge on any atom is -0.361 e. The predicted molar refractivity (Wildman–Crippen MR) is 65.8 cm³/mol. The number of carbonyl (C=O) groups excluding carboxylic acids is 1. The summed E-state index contributed by atoms with van der Waals surface area (Å²) < 4.78 is 4.88. The summed E-state index contributed by atoms with van der Waals surface area (Å²) >= 11 is 3.39. The highest BCUT2D eigenvalue weighted by atomic mass is 79.9. The van der Waals surface area contributed by atoms with Crippen molar-refractivity contribution in [2.45, 2.75) is 26.2 Å².